The number of nitrogen functional groups attached to an aromatic ring is 1. The molecule has 0 fully saturated rings. The van der Waals surface area contributed by atoms with E-state index in [0.29, 0.717) is 12.2 Å². The van der Waals surface area contributed by atoms with Crippen LogP contribution >= 0.6 is 0 Å². The molecule has 26 heavy (non-hydrogen) atoms. The second-order valence-corrected chi connectivity index (χ2v) is 6.94. The molecule has 3 rings (SSSR count). The molecule has 0 aliphatic heterocycles. The summed E-state index contributed by atoms with van der Waals surface area (Å²) in [5, 5.41) is 0. The van der Waals surface area contributed by atoms with Gasteiger partial charge in [0.2, 0.25) is 0 Å². The lowest BCUT2D eigenvalue weighted by Gasteiger charge is -2.14. The predicted molar refractivity (Wildman–Crippen MR) is 107 cm³/mol. The summed E-state index contributed by atoms with van der Waals surface area (Å²) in [5.74, 6) is 0.548. The van der Waals surface area contributed by atoms with E-state index in [2.05, 4.69) is 47.2 Å². The highest BCUT2D eigenvalue weighted by Gasteiger charge is 2.10. The third kappa shape index (κ3) is 4.90. The molecule has 134 valence electrons. The van der Waals surface area contributed by atoms with Gasteiger partial charge in [0.05, 0.1) is 0 Å². The van der Waals surface area contributed by atoms with Gasteiger partial charge in [-0.3, -0.25) is 4.98 Å². The normalized spacial score (nSPS) is 12.1. The Kier molecular flexibility index (Phi) is 5.64. The molecule has 3 aromatic rings. The Morgan fingerprint density at radius 1 is 0.923 bits per heavy atom. The quantitative estimate of drug-likeness (QED) is 0.713. The Labute approximate surface area is 155 Å². The van der Waals surface area contributed by atoms with E-state index in [-0.39, 0.29) is 6.04 Å². The lowest BCUT2D eigenvalue weighted by molar-refractivity contribution is 0.705. The van der Waals surface area contributed by atoms with E-state index >= 15 is 0 Å². The van der Waals surface area contributed by atoms with Crippen LogP contribution in [0.15, 0.2) is 54.7 Å². The maximum absolute atomic E-state index is 6.43. The minimum atomic E-state index is -0.0965. The molecule has 4 N–H and O–H groups in total. The molecule has 2 heterocycles. The fourth-order valence-corrected chi connectivity index (χ4v) is 3.20. The van der Waals surface area contributed by atoms with Crippen LogP contribution in [0, 0.1) is 13.8 Å². The van der Waals surface area contributed by atoms with Crippen LogP contribution < -0.4 is 11.5 Å². The molecule has 0 amide bonds. The van der Waals surface area contributed by atoms with Gasteiger partial charge in [0, 0.05) is 30.0 Å². The summed E-state index contributed by atoms with van der Waals surface area (Å²) < 4.78 is 0. The fourth-order valence-electron chi connectivity index (χ4n) is 3.20. The molecule has 0 saturated carbocycles. The van der Waals surface area contributed by atoms with Gasteiger partial charge in [-0.05, 0) is 73.2 Å². The van der Waals surface area contributed by atoms with Gasteiger partial charge in [-0.1, -0.05) is 24.3 Å². The number of rotatable bonds is 6. The summed E-state index contributed by atoms with van der Waals surface area (Å²) in [4.78, 5) is 8.84. The largest absolute Gasteiger partial charge is 0.384 e. The first-order valence-corrected chi connectivity index (χ1v) is 8.98. The lowest BCUT2D eigenvalue weighted by Crippen LogP contribution is -2.15. The van der Waals surface area contributed by atoms with Crippen molar-refractivity contribution in [3.63, 3.8) is 0 Å². The van der Waals surface area contributed by atoms with Crippen molar-refractivity contribution >= 4 is 5.82 Å². The van der Waals surface area contributed by atoms with E-state index in [9.17, 15) is 0 Å². The van der Waals surface area contributed by atoms with Gasteiger partial charge in [0.25, 0.3) is 0 Å². The van der Waals surface area contributed by atoms with Crippen molar-refractivity contribution in [2.45, 2.75) is 39.2 Å². The van der Waals surface area contributed by atoms with Crippen LogP contribution in [0.3, 0.4) is 0 Å². The SMILES string of the molecule is Cc1ccnc(CCc2cccc(C(N)Cc3cc(C)cc(N)n3)c2)c1. The van der Waals surface area contributed by atoms with Gasteiger partial charge in [0.1, 0.15) is 5.82 Å². The van der Waals surface area contributed by atoms with Crippen LogP contribution in [0.25, 0.3) is 0 Å². The minimum Gasteiger partial charge on any atom is -0.384 e. The smallest absolute Gasteiger partial charge is 0.123 e. The highest BCUT2D eigenvalue weighted by Crippen LogP contribution is 2.19. The Bertz CT molecular complexity index is 869. The number of pyridine rings is 2. The summed E-state index contributed by atoms with van der Waals surface area (Å²) >= 11 is 0. The highest BCUT2D eigenvalue weighted by molar-refractivity contribution is 5.35. The molecular weight excluding hydrogens is 320 g/mol. The van der Waals surface area contributed by atoms with Crippen LogP contribution in [-0.4, -0.2) is 9.97 Å². The van der Waals surface area contributed by atoms with Crippen LogP contribution in [0.2, 0.25) is 0 Å². The number of aryl methyl sites for hydroxylation is 4. The lowest BCUT2D eigenvalue weighted by atomic mass is 9.98. The third-order valence-electron chi connectivity index (χ3n) is 4.49. The summed E-state index contributed by atoms with van der Waals surface area (Å²) in [6.45, 7) is 4.12. The summed E-state index contributed by atoms with van der Waals surface area (Å²) in [5.41, 5.74) is 19.1. The molecule has 0 radical (unpaired) electrons. The van der Waals surface area contributed by atoms with Crippen molar-refractivity contribution in [1.29, 1.82) is 0 Å². The molecule has 0 aliphatic rings. The number of nitrogens with two attached hydrogens (primary N) is 2. The maximum atomic E-state index is 6.43. The second kappa shape index (κ2) is 8.11. The molecule has 4 heteroatoms. The van der Waals surface area contributed by atoms with E-state index in [1.807, 2.05) is 31.3 Å². The zero-order chi connectivity index (χ0) is 18.5. The first kappa shape index (κ1) is 18.1. The van der Waals surface area contributed by atoms with Crippen molar-refractivity contribution in [2.24, 2.45) is 5.73 Å². The first-order valence-electron chi connectivity index (χ1n) is 8.98. The molecule has 1 atom stereocenters. The van der Waals surface area contributed by atoms with Crippen LogP contribution in [-0.2, 0) is 19.3 Å². The van der Waals surface area contributed by atoms with Crippen molar-refractivity contribution < 1.29 is 0 Å². The highest BCUT2D eigenvalue weighted by atomic mass is 14.8. The minimum absolute atomic E-state index is 0.0965. The molecule has 0 saturated heterocycles. The molecule has 2 aromatic heterocycles. The summed E-state index contributed by atoms with van der Waals surface area (Å²) in [7, 11) is 0. The van der Waals surface area contributed by atoms with E-state index in [0.717, 1.165) is 35.4 Å². The van der Waals surface area contributed by atoms with Gasteiger partial charge in [0.15, 0.2) is 0 Å². The van der Waals surface area contributed by atoms with Crippen molar-refractivity contribution in [1.82, 2.24) is 9.97 Å². The molecule has 1 unspecified atom stereocenters. The zero-order valence-electron chi connectivity index (χ0n) is 15.4. The van der Waals surface area contributed by atoms with E-state index < -0.39 is 0 Å². The monoisotopic (exact) mass is 346 g/mol. The maximum Gasteiger partial charge on any atom is 0.123 e. The number of nitrogens with zero attached hydrogens (tertiary/aromatic N) is 2. The number of anilines is 1. The van der Waals surface area contributed by atoms with E-state index in [1.165, 1.54) is 11.1 Å². The second-order valence-electron chi connectivity index (χ2n) is 6.94. The summed E-state index contributed by atoms with van der Waals surface area (Å²) in [6.07, 6.45) is 4.43. The summed E-state index contributed by atoms with van der Waals surface area (Å²) in [6, 6.07) is 16.5. The Balaban J connectivity index is 1.67. The average molecular weight is 346 g/mol. The van der Waals surface area contributed by atoms with Crippen LogP contribution in [0.1, 0.15) is 39.7 Å². The molecule has 1 aromatic carbocycles. The van der Waals surface area contributed by atoms with Crippen molar-refractivity contribution in [3.05, 3.63) is 88.4 Å². The van der Waals surface area contributed by atoms with E-state index in [1.54, 1.807) is 0 Å². The Morgan fingerprint density at radius 3 is 2.50 bits per heavy atom. The van der Waals surface area contributed by atoms with Crippen molar-refractivity contribution in [3.8, 4) is 0 Å². The fraction of sp³-hybridized carbons (Fsp3) is 0.273. The average Bonchev–Trinajstić information content (AvgIpc) is 2.59. The standard InChI is InChI=1S/C22H26N4/c1-15-8-9-25-19(10-15)7-6-17-4-3-5-18(13-17)21(23)14-20-11-16(2)12-22(24)26-20/h3-5,8-13,21H,6-7,14,23H2,1-2H3,(H2,24,26). The van der Waals surface area contributed by atoms with Gasteiger partial charge < -0.3 is 11.5 Å². The Hall–Kier alpha value is -2.72. The number of hydrogen-bond acceptors (Lipinski definition) is 4. The third-order valence-corrected chi connectivity index (χ3v) is 4.49. The van der Waals surface area contributed by atoms with Crippen LogP contribution in [0.4, 0.5) is 5.82 Å². The van der Waals surface area contributed by atoms with Gasteiger partial charge >= 0.3 is 0 Å². The molecule has 0 spiro atoms. The van der Waals surface area contributed by atoms with Crippen molar-refractivity contribution in [2.75, 3.05) is 5.73 Å². The van der Waals surface area contributed by atoms with E-state index in [4.69, 9.17) is 11.5 Å². The van der Waals surface area contributed by atoms with Gasteiger partial charge in [-0.2, -0.15) is 0 Å². The Morgan fingerprint density at radius 2 is 1.73 bits per heavy atom. The zero-order valence-corrected chi connectivity index (χ0v) is 15.4. The molecule has 0 aliphatic carbocycles. The predicted octanol–water partition coefficient (Wildman–Crippen LogP) is 3.70. The molecule has 4 nitrogen and oxygen atoms in total. The number of benzene rings is 1. The molecule has 0 bridgehead atoms. The topological polar surface area (TPSA) is 77.8 Å². The van der Waals surface area contributed by atoms with Crippen LogP contribution in [0.5, 0.6) is 0 Å². The first-order chi connectivity index (χ1) is 12.5. The molecular formula is C22H26N4. The number of hydrogen-bond donors (Lipinski definition) is 2. The van der Waals surface area contributed by atoms with Gasteiger partial charge in [-0.25, -0.2) is 4.98 Å². The van der Waals surface area contributed by atoms with Gasteiger partial charge in [-0.15, -0.1) is 0 Å². The number of aromatic nitrogens is 2.